The minimum Gasteiger partial charge on any atom is -0.493 e. The van der Waals surface area contributed by atoms with Crippen LogP contribution in [-0.4, -0.2) is 41.3 Å². The second-order valence-corrected chi connectivity index (χ2v) is 9.00. The molecule has 1 saturated carbocycles. The zero-order valence-electron chi connectivity index (χ0n) is 16.7. The maximum absolute atomic E-state index is 12.6. The van der Waals surface area contributed by atoms with Gasteiger partial charge in [0, 0.05) is 7.11 Å². The first kappa shape index (κ1) is 22.1. The van der Waals surface area contributed by atoms with E-state index in [0.717, 1.165) is 17.9 Å². The van der Waals surface area contributed by atoms with Gasteiger partial charge >= 0.3 is 0 Å². The maximum atomic E-state index is 12.6. The maximum Gasteiger partial charge on any atom is 0.212 e. The topological polar surface area (TPSA) is 73.9 Å². The van der Waals surface area contributed by atoms with Gasteiger partial charge in [0.15, 0.2) is 0 Å². The lowest BCUT2D eigenvalue weighted by Crippen LogP contribution is -2.46. The van der Waals surface area contributed by atoms with Gasteiger partial charge in [0.1, 0.15) is 12.5 Å². The number of methoxy groups -OCH3 is 1. The van der Waals surface area contributed by atoms with Gasteiger partial charge in [-0.2, -0.15) is 0 Å². The van der Waals surface area contributed by atoms with E-state index in [0.29, 0.717) is 31.8 Å². The van der Waals surface area contributed by atoms with Gasteiger partial charge in [-0.25, -0.2) is 13.1 Å². The molecule has 0 heterocycles. The van der Waals surface area contributed by atoms with E-state index < -0.39 is 15.6 Å². The molecule has 0 saturated heterocycles. The highest BCUT2D eigenvalue weighted by Gasteiger charge is 2.33. The molecule has 154 valence electrons. The summed E-state index contributed by atoms with van der Waals surface area (Å²) in [6.07, 6.45) is 4.22. The Labute approximate surface area is 163 Å². The van der Waals surface area contributed by atoms with Crippen LogP contribution in [0.3, 0.4) is 0 Å². The van der Waals surface area contributed by atoms with Gasteiger partial charge in [-0.15, -0.1) is 0 Å². The van der Waals surface area contributed by atoms with E-state index in [1.807, 2.05) is 38.1 Å². The summed E-state index contributed by atoms with van der Waals surface area (Å²) in [6, 6.07) is 7.81. The molecule has 1 aliphatic rings. The summed E-state index contributed by atoms with van der Waals surface area (Å²) < 4.78 is 44.1. The lowest BCUT2D eigenvalue weighted by Gasteiger charge is -2.33. The molecule has 0 bridgehead atoms. The molecule has 0 aliphatic heterocycles. The van der Waals surface area contributed by atoms with E-state index in [-0.39, 0.29) is 12.5 Å². The standard InChI is InChI=1S/C20H33NO5S/c1-4-20(5-2,21-27(22,23)13-7-12-25-16-24-3)18-8-6-9-19(14-18)26-15-17-10-11-17/h6,8-9,14,17,21H,4-5,7,10-13,15-16H2,1-3H3. The summed E-state index contributed by atoms with van der Waals surface area (Å²) in [5.74, 6) is 1.50. The normalized spacial score (nSPS) is 15.1. The summed E-state index contributed by atoms with van der Waals surface area (Å²) in [5.41, 5.74) is 0.311. The number of hydrogen-bond donors (Lipinski definition) is 1. The predicted molar refractivity (Wildman–Crippen MR) is 106 cm³/mol. The van der Waals surface area contributed by atoms with Gasteiger partial charge in [-0.05, 0) is 55.7 Å². The molecule has 0 unspecified atom stereocenters. The van der Waals surface area contributed by atoms with E-state index in [4.69, 9.17) is 14.2 Å². The van der Waals surface area contributed by atoms with Crippen LogP contribution in [0.25, 0.3) is 0 Å². The minimum absolute atomic E-state index is 0.0241. The van der Waals surface area contributed by atoms with Gasteiger partial charge in [0.05, 0.1) is 24.5 Å². The predicted octanol–water partition coefficient (Wildman–Crippen LogP) is 3.42. The quantitative estimate of drug-likeness (QED) is 0.383. The summed E-state index contributed by atoms with van der Waals surface area (Å²) in [4.78, 5) is 0. The molecule has 1 aromatic rings. The number of ether oxygens (including phenoxy) is 3. The van der Waals surface area contributed by atoms with Crippen molar-refractivity contribution in [1.29, 1.82) is 0 Å². The fraction of sp³-hybridized carbons (Fsp3) is 0.700. The highest BCUT2D eigenvalue weighted by Crippen LogP contribution is 2.33. The lowest BCUT2D eigenvalue weighted by atomic mass is 9.86. The highest BCUT2D eigenvalue weighted by molar-refractivity contribution is 7.89. The van der Waals surface area contributed by atoms with Crippen molar-refractivity contribution in [2.24, 2.45) is 5.92 Å². The molecule has 2 rings (SSSR count). The summed E-state index contributed by atoms with van der Waals surface area (Å²) >= 11 is 0. The van der Waals surface area contributed by atoms with E-state index in [2.05, 4.69) is 4.72 Å². The van der Waals surface area contributed by atoms with E-state index in [9.17, 15) is 8.42 Å². The van der Waals surface area contributed by atoms with Crippen LogP contribution in [0, 0.1) is 5.92 Å². The molecule has 0 amide bonds. The Bertz CT molecular complexity index is 669. The molecule has 27 heavy (non-hydrogen) atoms. The zero-order chi connectivity index (χ0) is 19.8. The first-order chi connectivity index (χ1) is 12.9. The summed E-state index contributed by atoms with van der Waals surface area (Å²) in [5, 5.41) is 0. The Morgan fingerprint density at radius 2 is 1.96 bits per heavy atom. The molecule has 1 N–H and O–H groups in total. The van der Waals surface area contributed by atoms with Gasteiger partial charge in [-0.3, -0.25) is 0 Å². The number of hydrogen-bond acceptors (Lipinski definition) is 5. The molecule has 1 aromatic carbocycles. The molecule has 0 spiro atoms. The van der Waals surface area contributed by atoms with Crippen LogP contribution in [0.1, 0.15) is 51.5 Å². The Morgan fingerprint density at radius 1 is 1.22 bits per heavy atom. The smallest absolute Gasteiger partial charge is 0.212 e. The lowest BCUT2D eigenvalue weighted by molar-refractivity contribution is -0.0299. The first-order valence-electron chi connectivity index (χ1n) is 9.76. The second-order valence-electron chi connectivity index (χ2n) is 7.16. The summed E-state index contributed by atoms with van der Waals surface area (Å²) in [6.45, 7) is 5.28. The van der Waals surface area contributed by atoms with E-state index >= 15 is 0 Å². The van der Waals surface area contributed by atoms with Crippen LogP contribution in [-0.2, 0) is 25.0 Å². The van der Waals surface area contributed by atoms with Crippen LogP contribution < -0.4 is 9.46 Å². The van der Waals surface area contributed by atoms with Crippen molar-refractivity contribution in [2.45, 2.75) is 51.5 Å². The zero-order valence-corrected chi connectivity index (χ0v) is 17.5. The average molecular weight is 400 g/mol. The van der Waals surface area contributed by atoms with Crippen molar-refractivity contribution in [3.63, 3.8) is 0 Å². The number of sulfonamides is 1. The van der Waals surface area contributed by atoms with Crippen molar-refractivity contribution < 1.29 is 22.6 Å². The molecule has 0 radical (unpaired) electrons. The largest absolute Gasteiger partial charge is 0.493 e. The first-order valence-corrected chi connectivity index (χ1v) is 11.4. The highest BCUT2D eigenvalue weighted by atomic mass is 32.2. The molecule has 7 heteroatoms. The Hall–Kier alpha value is -1.15. The van der Waals surface area contributed by atoms with Gasteiger partial charge in [0.2, 0.25) is 10.0 Å². The fourth-order valence-electron chi connectivity index (χ4n) is 3.09. The molecule has 1 aliphatic carbocycles. The third-order valence-corrected chi connectivity index (χ3v) is 6.56. The minimum atomic E-state index is -3.44. The summed E-state index contributed by atoms with van der Waals surface area (Å²) in [7, 11) is -1.90. The van der Waals surface area contributed by atoms with Crippen LogP contribution in [0.2, 0.25) is 0 Å². The molecule has 0 atom stereocenters. The molecular formula is C20H33NO5S. The van der Waals surface area contributed by atoms with Crippen LogP contribution >= 0.6 is 0 Å². The Morgan fingerprint density at radius 3 is 2.59 bits per heavy atom. The van der Waals surface area contributed by atoms with Crippen LogP contribution in [0.4, 0.5) is 0 Å². The van der Waals surface area contributed by atoms with Crippen molar-refractivity contribution in [1.82, 2.24) is 4.72 Å². The third-order valence-electron chi connectivity index (χ3n) is 5.03. The van der Waals surface area contributed by atoms with Crippen molar-refractivity contribution in [3.8, 4) is 5.75 Å². The average Bonchev–Trinajstić information content (AvgIpc) is 3.49. The molecule has 1 fully saturated rings. The number of nitrogens with one attached hydrogen (secondary N) is 1. The monoisotopic (exact) mass is 399 g/mol. The van der Waals surface area contributed by atoms with Gasteiger partial charge in [0.25, 0.3) is 0 Å². The molecule has 6 nitrogen and oxygen atoms in total. The van der Waals surface area contributed by atoms with Crippen molar-refractivity contribution >= 4 is 10.0 Å². The number of rotatable bonds is 14. The second kappa shape index (κ2) is 10.4. The van der Waals surface area contributed by atoms with Crippen LogP contribution in [0.15, 0.2) is 24.3 Å². The Balaban J connectivity index is 2.05. The van der Waals surface area contributed by atoms with Crippen molar-refractivity contribution in [3.05, 3.63) is 29.8 Å². The third kappa shape index (κ3) is 7.07. The van der Waals surface area contributed by atoms with E-state index in [1.165, 1.54) is 20.0 Å². The van der Waals surface area contributed by atoms with Crippen LogP contribution in [0.5, 0.6) is 5.75 Å². The SMILES string of the molecule is CCC(CC)(NS(=O)(=O)CCCOCOC)c1cccc(OCC2CC2)c1. The number of benzene rings is 1. The van der Waals surface area contributed by atoms with Crippen molar-refractivity contribution in [2.75, 3.05) is 32.9 Å². The van der Waals surface area contributed by atoms with Gasteiger partial charge in [-0.1, -0.05) is 26.0 Å². The molecule has 0 aromatic heterocycles. The molecular weight excluding hydrogens is 366 g/mol. The Kier molecular flexibility index (Phi) is 8.54. The fourth-order valence-corrected chi connectivity index (χ4v) is 4.69. The van der Waals surface area contributed by atoms with Gasteiger partial charge < -0.3 is 14.2 Å². The van der Waals surface area contributed by atoms with E-state index in [1.54, 1.807) is 0 Å².